The highest BCUT2D eigenvalue weighted by atomic mass is 19.1. The monoisotopic (exact) mass is 539 g/mol. The Morgan fingerprint density at radius 3 is 2.95 bits per heavy atom. The number of nitrogens with one attached hydrogen (secondary N) is 1. The fourth-order valence-corrected chi connectivity index (χ4v) is 6.10. The van der Waals surface area contributed by atoms with Gasteiger partial charge in [0.1, 0.15) is 17.7 Å². The summed E-state index contributed by atoms with van der Waals surface area (Å²) in [6, 6.07) is 7.90. The number of benzene rings is 1. The largest absolute Gasteiger partial charge is 0.480 e. The lowest BCUT2D eigenvalue weighted by atomic mass is 9.82. The molecule has 5 rings (SSSR count). The smallest absolute Gasteiger partial charge is 0.325 e. The van der Waals surface area contributed by atoms with Crippen LogP contribution in [-0.2, 0) is 27.1 Å². The molecule has 3 aliphatic heterocycles. The molecule has 0 saturated carbocycles. The van der Waals surface area contributed by atoms with Crippen molar-refractivity contribution in [1.29, 1.82) is 0 Å². The van der Waals surface area contributed by atoms with Crippen molar-refractivity contribution in [3.8, 4) is 0 Å². The molecular weight excluding hydrogens is 497 g/mol. The van der Waals surface area contributed by atoms with Crippen LogP contribution in [0, 0.1) is 11.2 Å². The summed E-state index contributed by atoms with van der Waals surface area (Å²) in [5, 5.41) is 13.6. The van der Waals surface area contributed by atoms with Crippen LogP contribution >= 0.6 is 0 Å². The summed E-state index contributed by atoms with van der Waals surface area (Å²) >= 11 is 0. The number of carboxylic acids is 1. The first-order valence-corrected chi connectivity index (χ1v) is 14.5. The molecule has 39 heavy (non-hydrogen) atoms. The van der Waals surface area contributed by atoms with Crippen LogP contribution < -0.4 is 5.32 Å². The van der Waals surface area contributed by atoms with Crippen LogP contribution in [0.5, 0.6) is 0 Å². The number of aromatic nitrogens is 1. The molecule has 2 N–H and O–H groups in total. The van der Waals surface area contributed by atoms with Crippen molar-refractivity contribution in [2.75, 3.05) is 38.2 Å². The molecule has 3 atom stereocenters. The molecule has 2 saturated heterocycles. The second-order valence-electron chi connectivity index (χ2n) is 12.1. The van der Waals surface area contributed by atoms with Crippen LogP contribution in [0.25, 0.3) is 0 Å². The van der Waals surface area contributed by atoms with E-state index >= 15 is 0 Å². The van der Waals surface area contributed by atoms with Crippen molar-refractivity contribution in [2.24, 2.45) is 5.41 Å². The van der Waals surface area contributed by atoms with Gasteiger partial charge in [0.05, 0.1) is 18.8 Å². The number of likely N-dealkylation sites (tertiary alicyclic amines) is 1. The van der Waals surface area contributed by atoms with E-state index in [0.717, 1.165) is 75.0 Å². The normalized spacial score (nSPS) is 23.7. The molecule has 212 valence electrons. The maximum atomic E-state index is 14.4. The Morgan fingerprint density at radius 2 is 2.15 bits per heavy atom. The van der Waals surface area contributed by atoms with Crippen LogP contribution in [0.4, 0.5) is 10.2 Å². The van der Waals surface area contributed by atoms with Gasteiger partial charge in [0.25, 0.3) is 0 Å². The highest BCUT2D eigenvalue weighted by molar-refractivity contribution is 5.76. The van der Waals surface area contributed by atoms with Crippen molar-refractivity contribution in [2.45, 2.75) is 83.5 Å². The number of anilines is 1. The molecule has 0 radical (unpaired) electrons. The van der Waals surface area contributed by atoms with Gasteiger partial charge in [0.2, 0.25) is 0 Å². The van der Waals surface area contributed by atoms with E-state index in [1.165, 1.54) is 17.7 Å². The molecule has 7 nitrogen and oxygen atoms in total. The van der Waals surface area contributed by atoms with Crippen LogP contribution in [0.3, 0.4) is 0 Å². The van der Waals surface area contributed by atoms with E-state index in [4.69, 9.17) is 14.5 Å². The number of fused-ring (bicyclic) bond motifs is 1. The molecular formula is C31H42FN3O4. The third kappa shape index (κ3) is 6.97. The molecule has 2 fully saturated rings. The molecule has 8 heteroatoms. The van der Waals surface area contributed by atoms with Crippen molar-refractivity contribution in [1.82, 2.24) is 9.88 Å². The maximum Gasteiger partial charge on any atom is 0.325 e. The first kappa shape index (κ1) is 28.0. The zero-order valence-corrected chi connectivity index (χ0v) is 23.3. The zero-order chi connectivity index (χ0) is 27.4. The van der Waals surface area contributed by atoms with E-state index in [1.54, 1.807) is 6.07 Å². The summed E-state index contributed by atoms with van der Waals surface area (Å²) in [5.41, 5.74) is 3.79. The van der Waals surface area contributed by atoms with Crippen LogP contribution in [-0.4, -0.2) is 59.9 Å². The van der Waals surface area contributed by atoms with Gasteiger partial charge < -0.3 is 19.9 Å². The summed E-state index contributed by atoms with van der Waals surface area (Å²) in [7, 11) is 0. The summed E-state index contributed by atoms with van der Waals surface area (Å²) < 4.78 is 26.7. The van der Waals surface area contributed by atoms with Gasteiger partial charge in [-0.25, -0.2) is 9.37 Å². The fraction of sp³-hybridized carbons (Fsp3) is 0.613. The molecule has 0 aliphatic carbocycles. The number of carbonyl (C=O) groups is 1. The van der Waals surface area contributed by atoms with Crippen LogP contribution in [0.15, 0.2) is 30.3 Å². The first-order valence-electron chi connectivity index (χ1n) is 14.5. The van der Waals surface area contributed by atoms with Gasteiger partial charge in [-0.05, 0) is 91.7 Å². The molecule has 3 aliphatic rings. The predicted molar refractivity (Wildman–Crippen MR) is 148 cm³/mol. The molecule has 4 heterocycles. The number of aryl methyl sites for hydroxylation is 2. The Hall–Kier alpha value is -2.55. The third-order valence-electron chi connectivity index (χ3n) is 8.36. The maximum absolute atomic E-state index is 14.4. The Morgan fingerprint density at radius 1 is 1.28 bits per heavy atom. The number of aliphatic carboxylic acids is 1. The molecule has 0 amide bonds. The van der Waals surface area contributed by atoms with E-state index in [9.17, 15) is 14.3 Å². The summed E-state index contributed by atoms with van der Waals surface area (Å²) in [6.45, 7) is 7.68. The van der Waals surface area contributed by atoms with E-state index in [0.29, 0.717) is 31.9 Å². The van der Waals surface area contributed by atoms with Gasteiger partial charge in [-0.2, -0.15) is 0 Å². The van der Waals surface area contributed by atoms with E-state index < -0.39 is 17.8 Å². The molecule has 1 aromatic heterocycles. The number of nitrogens with zero attached hydrogens (tertiary/aromatic N) is 2. The Kier molecular flexibility index (Phi) is 8.84. The van der Waals surface area contributed by atoms with Gasteiger partial charge in [0, 0.05) is 31.9 Å². The number of ether oxygens (including phenoxy) is 2. The summed E-state index contributed by atoms with van der Waals surface area (Å²) in [4.78, 5) is 19.2. The van der Waals surface area contributed by atoms with Crippen molar-refractivity contribution >= 4 is 11.8 Å². The summed E-state index contributed by atoms with van der Waals surface area (Å²) in [6.07, 6.45) is 7.38. The lowest BCUT2D eigenvalue weighted by Gasteiger charge is -2.36. The van der Waals surface area contributed by atoms with Gasteiger partial charge >= 0.3 is 5.97 Å². The Bertz CT molecular complexity index is 1150. The lowest BCUT2D eigenvalue weighted by molar-refractivity contribution is -0.143. The number of pyridine rings is 1. The van der Waals surface area contributed by atoms with Gasteiger partial charge in [-0.1, -0.05) is 26.0 Å². The Balaban J connectivity index is 1.14. The molecule has 0 spiro atoms. The topological polar surface area (TPSA) is 83.9 Å². The van der Waals surface area contributed by atoms with Crippen LogP contribution in [0.1, 0.15) is 86.9 Å². The number of halogens is 1. The minimum atomic E-state index is -0.967. The predicted octanol–water partition coefficient (Wildman–Crippen LogP) is 5.70. The number of hydrogen-bond donors (Lipinski definition) is 2. The fourth-order valence-electron chi connectivity index (χ4n) is 6.10. The van der Waals surface area contributed by atoms with Gasteiger partial charge in [-0.3, -0.25) is 9.69 Å². The number of unbranched alkanes of at least 4 members (excludes halogenated alkanes) is 1. The standard InChI is InChI=1S/C31H42FN3O4/c1-31(2)14-12-27(39-20-31)25-11-9-22(32)18-26(25)28(30(36)37)35-16-13-24(19-35)38-17-4-3-7-23-10-8-21-6-5-15-33-29(21)34-23/h8-11,18,24,27-28H,3-7,12-17,19-20H2,1-2H3,(H,33,34)(H,36,37)/t24-,27?,28-/m1/s1. The second-order valence-corrected chi connectivity index (χ2v) is 12.1. The molecule has 1 unspecified atom stereocenters. The van der Waals surface area contributed by atoms with E-state index in [2.05, 4.69) is 31.3 Å². The number of hydrogen-bond acceptors (Lipinski definition) is 6. The van der Waals surface area contributed by atoms with Crippen molar-refractivity contribution < 1.29 is 23.8 Å². The molecule has 1 aromatic carbocycles. The molecule has 0 bridgehead atoms. The van der Waals surface area contributed by atoms with Crippen LogP contribution in [0.2, 0.25) is 0 Å². The third-order valence-corrected chi connectivity index (χ3v) is 8.36. The lowest BCUT2D eigenvalue weighted by Crippen LogP contribution is -2.35. The highest BCUT2D eigenvalue weighted by Gasteiger charge is 2.38. The Labute approximate surface area is 231 Å². The van der Waals surface area contributed by atoms with E-state index in [-0.39, 0.29) is 17.6 Å². The zero-order valence-electron chi connectivity index (χ0n) is 23.3. The minimum Gasteiger partial charge on any atom is -0.480 e. The molecule has 2 aromatic rings. The second kappa shape index (κ2) is 12.3. The average molecular weight is 540 g/mol. The summed E-state index contributed by atoms with van der Waals surface area (Å²) in [5.74, 6) is -0.354. The van der Waals surface area contributed by atoms with E-state index in [1.807, 2.05) is 4.90 Å². The minimum absolute atomic E-state index is 0.0262. The van der Waals surface area contributed by atoms with Crippen molar-refractivity contribution in [3.63, 3.8) is 0 Å². The van der Waals surface area contributed by atoms with Crippen molar-refractivity contribution in [3.05, 3.63) is 58.5 Å². The highest BCUT2D eigenvalue weighted by Crippen LogP contribution is 2.41. The average Bonchev–Trinajstić information content (AvgIpc) is 3.37. The van der Waals surface area contributed by atoms with Gasteiger partial charge in [0.15, 0.2) is 0 Å². The van der Waals surface area contributed by atoms with Gasteiger partial charge in [-0.15, -0.1) is 0 Å². The SMILES string of the molecule is CC1(C)CCC(c2ccc(F)cc2[C@H](C(=O)O)N2CC[C@@H](OCCCCc3ccc4c(n3)NCCC4)C2)OC1. The first-order chi connectivity index (χ1) is 18.8. The number of rotatable bonds is 10. The number of carboxylic acid groups (broad SMARTS) is 1. The quantitative estimate of drug-likeness (QED) is 0.375.